The molecule has 8 heteroatoms. The molecule has 7 nitrogen and oxygen atoms in total. The molecule has 174 valence electrons. The molecule has 1 saturated heterocycles. The number of aromatic nitrogens is 2. The minimum absolute atomic E-state index is 0.0660. The number of nitrogens with zero attached hydrogens (tertiary/aromatic N) is 3. The predicted octanol–water partition coefficient (Wildman–Crippen LogP) is 4.48. The summed E-state index contributed by atoms with van der Waals surface area (Å²) < 4.78 is 8.58. The molecule has 2 atom stereocenters. The van der Waals surface area contributed by atoms with Gasteiger partial charge in [0.25, 0.3) is 11.7 Å². The highest BCUT2D eigenvalue weighted by atomic mass is 79.9. The van der Waals surface area contributed by atoms with Gasteiger partial charge in [-0.3, -0.25) is 9.59 Å². The molecular weight excluding hydrogens is 498 g/mol. The number of Topliss-reactive ketones (excluding diaryl/α,β-unsaturated/α-hetero) is 1. The molecule has 0 bridgehead atoms. The quantitative estimate of drug-likeness (QED) is 0.293. The first-order chi connectivity index (χ1) is 16.4. The van der Waals surface area contributed by atoms with Crippen molar-refractivity contribution in [3.8, 4) is 5.75 Å². The smallest absolute Gasteiger partial charge is 0.295 e. The molecule has 0 unspecified atom stereocenters. The maximum atomic E-state index is 13.2. The van der Waals surface area contributed by atoms with E-state index in [4.69, 9.17) is 4.74 Å². The molecule has 1 N–H and O–H groups in total. The van der Waals surface area contributed by atoms with Crippen LogP contribution in [0.4, 0.5) is 0 Å². The Balaban J connectivity index is 1.52. The van der Waals surface area contributed by atoms with Crippen LogP contribution in [0.3, 0.4) is 0 Å². The highest BCUT2D eigenvalue weighted by molar-refractivity contribution is 9.10. The maximum Gasteiger partial charge on any atom is 0.295 e. The van der Waals surface area contributed by atoms with Crippen molar-refractivity contribution in [3.05, 3.63) is 87.9 Å². The van der Waals surface area contributed by atoms with Crippen LogP contribution in [0.25, 0.3) is 5.76 Å². The fraction of sp³-hybridized carbons (Fsp3) is 0.269. The number of hydrogen-bond donors (Lipinski definition) is 1. The summed E-state index contributed by atoms with van der Waals surface area (Å²) in [6.45, 7) is 3.03. The highest BCUT2D eigenvalue weighted by Crippen LogP contribution is 2.41. The average Bonchev–Trinajstić information content (AvgIpc) is 3.53. The second-order valence-corrected chi connectivity index (χ2v) is 9.57. The molecule has 0 spiro atoms. The second-order valence-electron chi connectivity index (χ2n) is 8.65. The van der Waals surface area contributed by atoms with E-state index < -0.39 is 17.7 Å². The lowest BCUT2D eigenvalue weighted by atomic mass is 9.94. The molecule has 0 radical (unpaired) electrons. The van der Waals surface area contributed by atoms with Gasteiger partial charge >= 0.3 is 0 Å². The monoisotopic (exact) mass is 521 g/mol. The average molecular weight is 522 g/mol. The fourth-order valence-corrected chi connectivity index (χ4v) is 4.93. The minimum atomic E-state index is -0.668. The number of imidazole rings is 1. The van der Waals surface area contributed by atoms with Crippen LogP contribution in [0.1, 0.15) is 36.1 Å². The third-order valence-electron chi connectivity index (χ3n) is 6.27. The minimum Gasteiger partial charge on any atom is -0.507 e. The molecule has 1 aromatic heterocycles. The number of rotatable bonds is 6. The van der Waals surface area contributed by atoms with Gasteiger partial charge in [0.2, 0.25) is 0 Å². The van der Waals surface area contributed by atoms with Gasteiger partial charge in [0.05, 0.1) is 17.9 Å². The van der Waals surface area contributed by atoms with E-state index in [1.165, 1.54) is 0 Å². The molecule has 3 aromatic rings. The van der Waals surface area contributed by atoms with E-state index in [2.05, 4.69) is 20.9 Å². The number of ether oxygens (including phenoxy) is 1. The van der Waals surface area contributed by atoms with Crippen molar-refractivity contribution in [1.82, 2.24) is 14.5 Å². The topological polar surface area (TPSA) is 84.7 Å². The van der Waals surface area contributed by atoms with Crippen LogP contribution in [-0.4, -0.2) is 43.9 Å². The Bertz CT molecular complexity index is 1270. The summed E-state index contributed by atoms with van der Waals surface area (Å²) >= 11 is 3.44. The summed E-state index contributed by atoms with van der Waals surface area (Å²) in [5.74, 6) is -0.643. The van der Waals surface area contributed by atoms with Gasteiger partial charge in [0.1, 0.15) is 17.6 Å². The first-order valence-electron chi connectivity index (χ1n) is 11.2. The third kappa shape index (κ3) is 4.14. The summed E-state index contributed by atoms with van der Waals surface area (Å²) in [5, 5.41) is 11.3. The molecule has 1 amide bonds. The molecule has 3 heterocycles. The van der Waals surface area contributed by atoms with E-state index in [0.717, 1.165) is 27.8 Å². The SMILES string of the molecule is C[C@H]1Cc2cc(C(O)=C3C(=O)C(=O)N(CCCn4ccnc4)[C@@H]3c3ccc(Br)cc3)ccc2O1. The van der Waals surface area contributed by atoms with Crippen molar-refractivity contribution in [2.75, 3.05) is 6.54 Å². The number of aryl methyl sites for hydroxylation is 1. The number of benzene rings is 2. The van der Waals surface area contributed by atoms with Gasteiger partial charge < -0.3 is 19.3 Å². The van der Waals surface area contributed by atoms with Gasteiger partial charge in [-0.1, -0.05) is 28.1 Å². The Morgan fingerprint density at radius 1 is 1.18 bits per heavy atom. The van der Waals surface area contributed by atoms with Crippen molar-refractivity contribution in [2.45, 2.75) is 38.5 Å². The van der Waals surface area contributed by atoms with E-state index in [0.29, 0.717) is 25.1 Å². The van der Waals surface area contributed by atoms with Crippen LogP contribution in [0.2, 0.25) is 0 Å². The first kappa shape index (κ1) is 22.4. The molecule has 2 aliphatic rings. The van der Waals surface area contributed by atoms with Crippen molar-refractivity contribution in [3.63, 3.8) is 0 Å². The van der Waals surface area contributed by atoms with Crippen LogP contribution in [0, 0.1) is 0 Å². The first-order valence-corrected chi connectivity index (χ1v) is 12.0. The zero-order valence-corrected chi connectivity index (χ0v) is 20.2. The molecule has 0 saturated carbocycles. The molecule has 1 fully saturated rings. The Morgan fingerprint density at radius 3 is 2.71 bits per heavy atom. The number of aliphatic hydroxyl groups excluding tert-OH is 1. The van der Waals surface area contributed by atoms with Crippen molar-refractivity contribution in [2.24, 2.45) is 0 Å². The molecular formula is C26H24BrN3O4. The zero-order chi connectivity index (χ0) is 23.8. The number of aliphatic hydroxyl groups is 1. The van der Waals surface area contributed by atoms with Gasteiger partial charge in [0.15, 0.2) is 0 Å². The van der Waals surface area contributed by atoms with E-state index in [-0.39, 0.29) is 17.4 Å². The van der Waals surface area contributed by atoms with Crippen molar-refractivity contribution >= 4 is 33.4 Å². The molecule has 2 aliphatic heterocycles. The molecule has 0 aliphatic carbocycles. The van der Waals surface area contributed by atoms with Crippen LogP contribution < -0.4 is 4.74 Å². The summed E-state index contributed by atoms with van der Waals surface area (Å²) in [6.07, 6.45) is 6.73. The Kier molecular flexibility index (Phi) is 6.00. The van der Waals surface area contributed by atoms with E-state index in [1.54, 1.807) is 23.5 Å². The largest absolute Gasteiger partial charge is 0.507 e. The lowest BCUT2D eigenvalue weighted by Crippen LogP contribution is -2.31. The second kappa shape index (κ2) is 9.10. The van der Waals surface area contributed by atoms with E-state index >= 15 is 0 Å². The van der Waals surface area contributed by atoms with Crippen LogP contribution in [0.15, 0.2) is 71.2 Å². The molecule has 5 rings (SSSR count). The van der Waals surface area contributed by atoms with Crippen LogP contribution in [-0.2, 0) is 22.6 Å². The highest BCUT2D eigenvalue weighted by Gasteiger charge is 2.45. The van der Waals surface area contributed by atoms with Crippen LogP contribution >= 0.6 is 15.9 Å². The van der Waals surface area contributed by atoms with Gasteiger partial charge in [-0.2, -0.15) is 0 Å². The number of carbonyl (C=O) groups excluding carboxylic acids is 2. The lowest BCUT2D eigenvalue weighted by Gasteiger charge is -2.25. The number of amides is 1. The number of likely N-dealkylation sites (tertiary alicyclic amines) is 1. The Morgan fingerprint density at radius 2 is 1.97 bits per heavy atom. The normalized spacial score (nSPS) is 21.1. The van der Waals surface area contributed by atoms with E-state index in [9.17, 15) is 14.7 Å². The van der Waals surface area contributed by atoms with E-state index in [1.807, 2.05) is 54.1 Å². The van der Waals surface area contributed by atoms with Crippen LogP contribution in [0.5, 0.6) is 5.75 Å². The van der Waals surface area contributed by atoms with Crippen molar-refractivity contribution in [1.29, 1.82) is 0 Å². The summed E-state index contributed by atoms with van der Waals surface area (Å²) in [6, 6.07) is 12.2. The summed E-state index contributed by atoms with van der Waals surface area (Å²) in [5.41, 5.74) is 2.37. The predicted molar refractivity (Wildman–Crippen MR) is 130 cm³/mol. The third-order valence-corrected chi connectivity index (χ3v) is 6.80. The number of halogens is 1. The summed E-state index contributed by atoms with van der Waals surface area (Å²) in [7, 11) is 0. The Hall–Kier alpha value is -3.39. The number of fused-ring (bicyclic) bond motifs is 1. The van der Waals surface area contributed by atoms with Gasteiger partial charge in [0, 0.05) is 41.9 Å². The fourth-order valence-electron chi connectivity index (χ4n) is 4.67. The standard InChI is InChI=1S/C26H24BrN3O4/c1-16-13-19-14-18(5-8-21(19)34-16)24(31)22-23(17-3-6-20(27)7-4-17)30(26(33)25(22)32)11-2-10-29-12-9-28-15-29/h3-9,12,14-16,23,31H,2,10-11,13H2,1H3/t16-,23+/m0/s1. The Labute approximate surface area is 205 Å². The molecule has 2 aromatic carbocycles. The molecule has 34 heavy (non-hydrogen) atoms. The van der Waals surface area contributed by atoms with Gasteiger partial charge in [-0.25, -0.2) is 4.98 Å². The lowest BCUT2D eigenvalue weighted by molar-refractivity contribution is -0.139. The zero-order valence-electron chi connectivity index (χ0n) is 18.6. The number of carbonyl (C=O) groups is 2. The van der Waals surface area contributed by atoms with Gasteiger partial charge in [-0.15, -0.1) is 0 Å². The van der Waals surface area contributed by atoms with Gasteiger partial charge in [-0.05, 0) is 54.8 Å². The maximum absolute atomic E-state index is 13.2. The number of ketones is 1. The number of hydrogen-bond acceptors (Lipinski definition) is 5. The summed E-state index contributed by atoms with van der Waals surface area (Å²) in [4.78, 5) is 31.9. The van der Waals surface area contributed by atoms with Crippen molar-refractivity contribution < 1.29 is 19.4 Å².